The highest BCUT2D eigenvalue weighted by Gasteiger charge is 2.21. The zero-order valence-corrected chi connectivity index (χ0v) is 14.4. The summed E-state index contributed by atoms with van der Waals surface area (Å²) in [5.41, 5.74) is 0.665. The van der Waals surface area contributed by atoms with Crippen molar-refractivity contribution in [3.8, 4) is 5.75 Å². The van der Waals surface area contributed by atoms with Gasteiger partial charge in [-0.2, -0.15) is 0 Å². The molecule has 0 radical (unpaired) electrons. The molecule has 1 atom stereocenters. The second-order valence-electron chi connectivity index (χ2n) is 6.39. The molecule has 1 aromatic carbocycles. The van der Waals surface area contributed by atoms with Crippen molar-refractivity contribution in [2.45, 2.75) is 57.1 Å². The lowest BCUT2D eigenvalue weighted by Crippen LogP contribution is -2.45. The lowest BCUT2D eigenvalue weighted by atomic mass is 9.97. The van der Waals surface area contributed by atoms with Crippen LogP contribution in [0.25, 0.3) is 0 Å². The monoisotopic (exact) mass is 338 g/mol. The third-order valence-corrected chi connectivity index (χ3v) is 4.61. The van der Waals surface area contributed by atoms with Gasteiger partial charge in [0, 0.05) is 12.6 Å². The molecule has 0 aromatic heterocycles. The van der Waals surface area contributed by atoms with Gasteiger partial charge in [0.1, 0.15) is 5.75 Å². The van der Waals surface area contributed by atoms with Crippen molar-refractivity contribution < 1.29 is 9.53 Å². The van der Waals surface area contributed by atoms with Crippen LogP contribution in [-0.2, 0) is 0 Å². The fourth-order valence-corrected chi connectivity index (χ4v) is 3.36. The zero-order valence-electron chi connectivity index (χ0n) is 13.6. The van der Waals surface area contributed by atoms with Crippen molar-refractivity contribution in [2.24, 2.45) is 0 Å². The third-order valence-electron chi connectivity index (χ3n) is 4.61. The molecule has 5 heteroatoms. The van der Waals surface area contributed by atoms with Crippen molar-refractivity contribution >= 4 is 18.3 Å². The molecule has 1 aliphatic heterocycles. The summed E-state index contributed by atoms with van der Waals surface area (Å²) in [6, 6.07) is 7.86. The molecule has 128 valence electrons. The Morgan fingerprint density at radius 1 is 1.09 bits per heavy atom. The minimum absolute atomic E-state index is 0. The highest BCUT2D eigenvalue weighted by molar-refractivity contribution is 5.97. The van der Waals surface area contributed by atoms with E-state index >= 15 is 0 Å². The molecule has 0 unspecified atom stereocenters. The first kappa shape index (κ1) is 18.1. The zero-order chi connectivity index (χ0) is 15.2. The number of hydrogen-bond donors (Lipinski definition) is 2. The molecule has 1 amide bonds. The fourth-order valence-electron chi connectivity index (χ4n) is 3.36. The van der Waals surface area contributed by atoms with Gasteiger partial charge in [0.2, 0.25) is 0 Å². The number of nitrogens with one attached hydrogen (secondary N) is 2. The van der Waals surface area contributed by atoms with E-state index in [1.807, 2.05) is 24.3 Å². The molecule has 0 spiro atoms. The van der Waals surface area contributed by atoms with Gasteiger partial charge in [-0.15, -0.1) is 12.4 Å². The number of rotatable bonds is 4. The first-order chi connectivity index (χ1) is 10.8. The second kappa shape index (κ2) is 9.14. The Labute approximate surface area is 144 Å². The van der Waals surface area contributed by atoms with Gasteiger partial charge < -0.3 is 15.4 Å². The number of carbonyl (C=O) groups excluding carboxylic acids is 1. The summed E-state index contributed by atoms with van der Waals surface area (Å²) in [5, 5.41) is 6.46. The molecule has 2 aliphatic rings. The average molecular weight is 339 g/mol. The van der Waals surface area contributed by atoms with Crippen LogP contribution >= 0.6 is 12.4 Å². The molecule has 1 saturated carbocycles. The summed E-state index contributed by atoms with van der Waals surface area (Å²) in [7, 11) is 0. The van der Waals surface area contributed by atoms with E-state index in [1.54, 1.807) is 0 Å². The summed E-state index contributed by atoms with van der Waals surface area (Å²) in [5.74, 6) is 0.718. The maximum absolute atomic E-state index is 12.6. The van der Waals surface area contributed by atoms with E-state index in [0.29, 0.717) is 5.56 Å². The van der Waals surface area contributed by atoms with E-state index in [1.165, 1.54) is 19.3 Å². The number of ether oxygens (including phenoxy) is 1. The van der Waals surface area contributed by atoms with Crippen LogP contribution < -0.4 is 15.4 Å². The van der Waals surface area contributed by atoms with Gasteiger partial charge in [0.15, 0.2) is 0 Å². The Bertz CT molecular complexity index is 498. The van der Waals surface area contributed by atoms with Crippen LogP contribution in [0.1, 0.15) is 55.3 Å². The Morgan fingerprint density at radius 3 is 2.61 bits per heavy atom. The Kier molecular flexibility index (Phi) is 7.18. The van der Waals surface area contributed by atoms with E-state index in [9.17, 15) is 4.79 Å². The van der Waals surface area contributed by atoms with Gasteiger partial charge in [-0.25, -0.2) is 0 Å². The Balaban J connectivity index is 0.00000192. The maximum atomic E-state index is 12.6. The molecule has 23 heavy (non-hydrogen) atoms. The van der Waals surface area contributed by atoms with Crippen molar-refractivity contribution in [3.63, 3.8) is 0 Å². The fraction of sp³-hybridized carbons (Fsp3) is 0.611. The third kappa shape index (κ3) is 5.11. The number of benzene rings is 1. The molecule has 2 N–H and O–H groups in total. The normalized spacial score (nSPS) is 22.0. The first-order valence-corrected chi connectivity index (χ1v) is 8.60. The van der Waals surface area contributed by atoms with Gasteiger partial charge in [0.05, 0.1) is 11.7 Å². The number of hydrogen-bond acceptors (Lipinski definition) is 3. The summed E-state index contributed by atoms with van der Waals surface area (Å²) >= 11 is 0. The van der Waals surface area contributed by atoms with Crippen LogP contribution in [0, 0.1) is 0 Å². The standard InChI is InChI=1S/C18H26N2O2.ClH/c21-18(20-14-7-6-12-19-13-14)16-10-4-5-11-17(16)22-15-8-2-1-3-9-15;/h4-5,10-11,14-15,19H,1-3,6-9,12-13H2,(H,20,21);1H/t14-;/m0./s1. The van der Waals surface area contributed by atoms with Crippen LogP contribution in [0.4, 0.5) is 0 Å². The van der Waals surface area contributed by atoms with Crippen LogP contribution in [0.3, 0.4) is 0 Å². The summed E-state index contributed by atoms with van der Waals surface area (Å²) < 4.78 is 6.12. The van der Waals surface area contributed by atoms with Crippen molar-refractivity contribution in [3.05, 3.63) is 29.8 Å². The number of halogens is 1. The minimum Gasteiger partial charge on any atom is -0.490 e. The second-order valence-corrected chi connectivity index (χ2v) is 6.39. The predicted molar refractivity (Wildman–Crippen MR) is 94.5 cm³/mol. The molecule has 3 rings (SSSR count). The Hall–Kier alpha value is -1.26. The van der Waals surface area contributed by atoms with Crippen LogP contribution in [0.15, 0.2) is 24.3 Å². The summed E-state index contributed by atoms with van der Waals surface area (Å²) in [6.45, 7) is 1.91. The highest BCUT2D eigenvalue weighted by Crippen LogP contribution is 2.26. The molecular weight excluding hydrogens is 312 g/mol. The predicted octanol–water partition coefficient (Wildman–Crippen LogP) is 3.30. The topological polar surface area (TPSA) is 50.4 Å². The van der Waals surface area contributed by atoms with E-state index in [4.69, 9.17) is 4.74 Å². The summed E-state index contributed by atoms with van der Waals surface area (Å²) in [6.07, 6.45) is 8.38. The first-order valence-electron chi connectivity index (χ1n) is 8.60. The number of piperidine rings is 1. The molecule has 1 aliphatic carbocycles. The smallest absolute Gasteiger partial charge is 0.255 e. The number of amides is 1. The lowest BCUT2D eigenvalue weighted by Gasteiger charge is -2.26. The van der Waals surface area contributed by atoms with Gasteiger partial charge in [0.25, 0.3) is 5.91 Å². The SMILES string of the molecule is Cl.O=C(N[C@H]1CCCNC1)c1ccccc1OC1CCCCC1. The van der Waals surface area contributed by atoms with Gasteiger partial charge in [-0.1, -0.05) is 18.6 Å². The summed E-state index contributed by atoms with van der Waals surface area (Å²) in [4.78, 5) is 12.6. The molecule has 1 aromatic rings. The Morgan fingerprint density at radius 2 is 1.87 bits per heavy atom. The van der Waals surface area contributed by atoms with Crippen molar-refractivity contribution in [2.75, 3.05) is 13.1 Å². The lowest BCUT2D eigenvalue weighted by molar-refractivity contribution is 0.0919. The number of para-hydroxylation sites is 1. The molecule has 4 nitrogen and oxygen atoms in total. The van der Waals surface area contributed by atoms with Crippen LogP contribution in [0.5, 0.6) is 5.75 Å². The van der Waals surface area contributed by atoms with Crippen LogP contribution in [0.2, 0.25) is 0 Å². The van der Waals surface area contributed by atoms with Crippen LogP contribution in [-0.4, -0.2) is 31.1 Å². The molecule has 2 fully saturated rings. The molecule has 1 saturated heterocycles. The largest absolute Gasteiger partial charge is 0.490 e. The van der Waals surface area contributed by atoms with E-state index in [-0.39, 0.29) is 30.5 Å². The molecule has 0 bridgehead atoms. The van der Waals surface area contributed by atoms with Gasteiger partial charge in [-0.3, -0.25) is 4.79 Å². The quantitative estimate of drug-likeness (QED) is 0.885. The van der Waals surface area contributed by atoms with E-state index in [2.05, 4.69) is 10.6 Å². The highest BCUT2D eigenvalue weighted by atomic mass is 35.5. The number of carbonyl (C=O) groups is 1. The minimum atomic E-state index is -0.0138. The molecule has 1 heterocycles. The average Bonchev–Trinajstić information content (AvgIpc) is 2.57. The van der Waals surface area contributed by atoms with Gasteiger partial charge >= 0.3 is 0 Å². The molecular formula is C18H27ClN2O2. The maximum Gasteiger partial charge on any atom is 0.255 e. The van der Waals surface area contributed by atoms with Crippen molar-refractivity contribution in [1.82, 2.24) is 10.6 Å². The van der Waals surface area contributed by atoms with Gasteiger partial charge in [-0.05, 0) is 57.2 Å². The van der Waals surface area contributed by atoms with E-state index < -0.39 is 0 Å². The van der Waals surface area contributed by atoms with E-state index in [0.717, 1.165) is 44.5 Å². The van der Waals surface area contributed by atoms with Crippen molar-refractivity contribution in [1.29, 1.82) is 0 Å².